The van der Waals surface area contributed by atoms with Gasteiger partial charge in [-0.05, 0) is 18.9 Å². The normalized spacial score (nSPS) is 17.6. The van der Waals surface area contributed by atoms with Crippen molar-refractivity contribution in [3.63, 3.8) is 0 Å². The van der Waals surface area contributed by atoms with Gasteiger partial charge in [0.1, 0.15) is 0 Å². The van der Waals surface area contributed by atoms with Crippen molar-refractivity contribution in [1.82, 2.24) is 15.3 Å². The fraction of sp³-hybridized carbons (Fsp3) is 0.643. The molecule has 0 atom stereocenters. The van der Waals surface area contributed by atoms with E-state index in [2.05, 4.69) is 20.3 Å². The summed E-state index contributed by atoms with van der Waals surface area (Å²) in [5.41, 5.74) is 6.73. The highest BCUT2D eigenvalue weighted by atomic mass is 16.5. The van der Waals surface area contributed by atoms with Crippen LogP contribution >= 0.6 is 0 Å². The van der Waals surface area contributed by atoms with Crippen LogP contribution in [0.3, 0.4) is 0 Å². The molecule has 0 bridgehead atoms. The Morgan fingerprint density at radius 2 is 2.15 bits per heavy atom. The Bertz CT molecular complexity index is 441. The minimum absolute atomic E-state index is 0.355. The molecule has 3 N–H and O–H groups in total. The van der Waals surface area contributed by atoms with Crippen molar-refractivity contribution in [2.75, 3.05) is 7.11 Å². The number of guanidine groups is 1. The predicted octanol–water partition coefficient (Wildman–Crippen LogP) is 1.61. The predicted molar refractivity (Wildman–Crippen MR) is 78.5 cm³/mol. The molecule has 1 heterocycles. The van der Waals surface area contributed by atoms with Gasteiger partial charge < -0.3 is 15.8 Å². The first-order valence-corrected chi connectivity index (χ1v) is 7.20. The molecule has 110 valence electrons. The molecule has 0 spiro atoms. The van der Waals surface area contributed by atoms with Gasteiger partial charge in [0.15, 0.2) is 5.96 Å². The molecular weight excluding hydrogens is 254 g/mol. The van der Waals surface area contributed by atoms with Gasteiger partial charge in [-0.2, -0.15) is 4.98 Å². The second-order valence-electron chi connectivity index (χ2n) is 5.07. The SMILES string of the molecule is COc1nccc(CN=C(N)NC2CCCCCC2)n1. The van der Waals surface area contributed by atoms with E-state index in [1.807, 2.05) is 6.07 Å². The van der Waals surface area contributed by atoms with Crippen LogP contribution in [-0.2, 0) is 6.54 Å². The second-order valence-corrected chi connectivity index (χ2v) is 5.07. The number of ether oxygens (including phenoxy) is 1. The zero-order valence-corrected chi connectivity index (χ0v) is 12.0. The van der Waals surface area contributed by atoms with E-state index >= 15 is 0 Å². The molecule has 6 heteroatoms. The summed E-state index contributed by atoms with van der Waals surface area (Å²) < 4.78 is 4.98. The van der Waals surface area contributed by atoms with Gasteiger partial charge in [-0.15, -0.1) is 0 Å². The second kappa shape index (κ2) is 7.67. The number of hydrogen-bond donors (Lipinski definition) is 2. The number of aromatic nitrogens is 2. The third kappa shape index (κ3) is 4.68. The lowest BCUT2D eigenvalue weighted by molar-refractivity contribution is 0.378. The number of nitrogens with one attached hydrogen (secondary N) is 1. The van der Waals surface area contributed by atoms with Crippen molar-refractivity contribution in [3.8, 4) is 6.01 Å². The molecule has 0 aromatic carbocycles. The number of hydrogen-bond acceptors (Lipinski definition) is 4. The molecule has 0 unspecified atom stereocenters. The summed E-state index contributed by atoms with van der Waals surface area (Å²) >= 11 is 0. The molecule has 0 aliphatic heterocycles. The van der Waals surface area contributed by atoms with Gasteiger partial charge in [0.2, 0.25) is 0 Å². The van der Waals surface area contributed by atoms with Crippen LogP contribution in [0.1, 0.15) is 44.2 Å². The van der Waals surface area contributed by atoms with Crippen LogP contribution in [-0.4, -0.2) is 29.1 Å². The summed E-state index contributed by atoms with van der Waals surface area (Å²) in [7, 11) is 1.55. The van der Waals surface area contributed by atoms with Gasteiger partial charge in [-0.1, -0.05) is 25.7 Å². The highest BCUT2D eigenvalue weighted by Crippen LogP contribution is 2.16. The summed E-state index contributed by atoms with van der Waals surface area (Å²) in [4.78, 5) is 12.5. The van der Waals surface area contributed by atoms with Crippen LogP contribution in [0.2, 0.25) is 0 Å². The molecule has 1 aliphatic carbocycles. The highest BCUT2D eigenvalue weighted by Gasteiger charge is 2.12. The molecule has 0 radical (unpaired) electrons. The van der Waals surface area contributed by atoms with Crippen molar-refractivity contribution in [2.45, 2.75) is 51.1 Å². The summed E-state index contributed by atoms with van der Waals surface area (Å²) in [5, 5.41) is 3.31. The zero-order valence-electron chi connectivity index (χ0n) is 12.0. The lowest BCUT2D eigenvalue weighted by atomic mass is 10.1. The van der Waals surface area contributed by atoms with E-state index in [4.69, 9.17) is 10.5 Å². The molecule has 1 aliphatic rings. The Labute approximate surface area is 119 Å². The molecule has 0 amide bonds. The lowest BCUT2D eigenvalue weighted by Gasteiger charge is -2.16. The standard InChI is InChI=1S/C14H23N5O/c1-20-14-16-9-8-12(19-14)10-17-13(15)18-11-6-4-2-3-5-7-11/h8-9,11H,2-7,10H2,1H3,(H3,15,17,18). The van der Waals surface area contributed by atoms with E-state index in [0.29, 0.717) is 24.6 Å². The molecule has 1 fully saturated rings. The van der Waals surface area contributed by atoms with Crippen LogP contribution in [0.5, 0.6) is 6.01 Å². The van der Waals surface area contributed by atoms with Crippen LogP contribution in [0, 0.1) is 0 Å². The Morgan fingerprint density at radius 1 is 1.40 bits per heavy atom. The first-order chi connectivity index (χ1) is 9.78. The zero-order chi connectivity index (χ0) is 14.2. The number of methoxy groups -OCH3 is 1. The molecule has 20 heavy (non-hydrogen) atoms. The third-order valence-electron chi connectivity index (χ3n) is 3.49. The number of aliphatic imine (C=N–C) groups is 1. The monoisotopic (exact) mass is 277 g/mol. The fourth-order valence-corrected chi connectivity index (χ4v) is 2.41. The van der Waals surface area contributed by atoms with Crippen molar-refractivity contribution in [1.29, 1.82) is 0 Å². The van der Waals surface area contributed by atoms with E-state index in [1.54, 1.807) is 13.3 Å². The minimum Gasteiger partial charge on any atom is -0.467 e. The Kier molecular flexibility index (Phi) is 5.58. The van der Waals surface area contributed by atoms with Gasteiger partial charge in [0.05, 0.1) is 19.3 Å². The lowest BCUT2D eigenvalue weighted by Crippen LogP contribution is -2.39. The maximum atomic E-state index is 5.94. The summed E-state index contributed by atoms with van der Waals surface area (Å²) in [6.07, 6.45) is 9.22. The molecular formula is C14H23N5O. The molecule has 2 rings (SSSR count). The summed E-state index contributed by atoms with van der Waals surface area (Å²) in [6.45, 7) is 0.435. The van der Waals surface area contributed by atoms with Crippen LogP contribution in [0.25, 0.3) is 0 Å². The van der Waals surface area contributed by atoms with Crippen LogP contribution < -0.4 is 15.8 Å². The van der Waals surface area contributed by atoms with E-state index in [1.165, 1.54) is 38.5 Å². The van der Waals surface area contributed by atoms with Crippen LogP contribution in [0.15, 0.2) is 17.3 Å². The largest absolute Gasteiger partial charge is 0.467 e. The van der Waals surface area contributed by atoms with Crippen molar-refractivity contribution in [3.05, 3.63) is 18.0 Å². The average Bonchev–Trinajstić information content (AvgIpc) is 2.74. The Morgan fingerprint density at radius 3 is 2.85 bits per heavy atom. The van der Waals surface area contributed by atoms with E-state index in [-0.39, 0.29) is 0 Å². The maximum Gasteiger partial charge on any atom is 0.316 e. The minimum atomic E-state index is 0.355. The van der Waals surface area contributed by atoms with E-state index in [9.17, 15) is 0 Å². The van der Waals surface area contributed by atoms with E-state index in [0.717, 1.165) is 5.69 Å². The van der Waals surface area contributed by atoms with Gasteiger partial charge >= 0.3 is 6.01 Å². The average molecular weight is 277 g/mol. The van der Waals surface area contributed by atoms with Gasteiger partial charge in [0.25, 0.3) is 0 Å². The highest BCUT2D eigenvalue weighted by molar-refractivity contribution is 5.78. The van der Waals surface area contributed by atoms with Gasteiger partial charge in [-0.3, -0.25) is 0 Å². The first kappa shape index (κ1) is 14.6. The first-order valence-electron chi connectivity index (χ1n) is 7.20. The Hall–Kier alpha value is -1.85. The van der Waals surface area contributed by atoms with Crippen molar-refractivity contribution < 1.29 is 4.74 Å². The Balaban J connectivity index is 1.86. The quantitative estimate of drug-likeness (QED) is 0.496. The van der Waals surface area contributed by atoms with Crippen molar-refractivity contribution in [2.24, 2.45) is 10.7 Å². The summed E-state index contributed by atoms with van der Waals surface area (Å²) in [5.74, 6) is 0.495. The number of nitrogens with two attached hydrogens (primary N) is 1. The third-order valence-corrected chi connectivity index (χ3v) is 3.49. The van der Waals surface area contributed by atoms with Gasteiger partial charge in [0, 0.05) is 12.2 Å². The molecule has 1 aromatic rings. The van der Waals surface area contributed by atoms with Crippen LogP contribution in [0.4, 0.5) is 0 Å². The molecule has 1 aromatic heterocycles. The van der Waals surface area contributed by atoms with Gasteiger partial charge in [-0.25, -0.2) is 9.98 Å². The molecule has 1 saturated carbocycles. The number of rotatable bonds is 4. The molecule has 6 nitrogen and oxygen atoms in total. The van der Waals surface area contributed by atoms with Crippen molar-refractivity contribution >= 4 is 5.96 Å². The maximum absolute atomic E-state index is 5.94. The van der Waals surface area contributed by atoms with E-state index < -0.39 is 0 Å². The smallest absolute Gasteiger partial charge is 0.316 e. The number of nitrogens with zero attached hydrogens (tertiary/aromatic N) is 3. The topological polar surface area (TPSA) is 85.4 Å². The summed E-state index contributed by atoms with van der Waals surface area (Å²) in [6, 6.07) is 2.62. The molecule has 0 saturated heterocycles. The fourth-order valence-electron chi connectivity index (χ4n) is 2.41.